The highest BCUT2D eigenvalue weighted by Crippen LogP contribution is 2.29. The molecule has 0 saturated carbocycles. The van der Waals surface area contributed by atoms with Gasteiger partial charge in [0.05, 0.1) is 12.7 Å². The summed E-state index contributed by atoms with van der Waals surface area (Å²) in [5, 5.41) is 20.5. The molecule has 0 spiro atoms. The van der Waals surface area contributed by atoms with Crippen LogP contribution in [0.5, 0.6) is 5.75 Å². The predicted octanol–water partition coefficient (Wildman–Crippen LogP) is 4.09. The monoisotopic (exact) mass is 443 g/mol. The van der Waals surface area contributed by atoms with Gasteiger partial charge >= 0.3 is 12.1 Å². The molecular weight excluding hydrogens is 414 g/mol. The summed E-state index contributed by atoms with van der Waals surface area (Å²) in [4.78, 5) is 23.3. The van der Waals surface area contributed by atoms with E-state index in [1.807, 2.05) is 19.1 Å². The van der Waals surface area contributed by atoms with Crippen molar-refractivity contribution in [3.05, 3.63) is 71.8 Å². The molecule has 2 aromatic carbocycles. The van der Waals surface area contributed by atoms with Gasteiger partial charge in [0.25, 0.3) is 0 Å². The number of aryl methyl sites for hydroxylation is 1. The molecule has 0 aliphatic carbocycles. The van der Waals surface area contributed by atoms with Crippen molar-refractivity contribution in [2.75, 3.05) is 25.6 Å². The maximum atomic E-state index is 12.6. The smallest absolute Gasteiger partial charge is 0.412 e. The number of nitrogens with one attached hydrogen (secondary N) is 1. The fourth-order valence-electron chi connectivity index (χ4n) is 3.04. The molecule has 1 amide bonds. The van der Waals surface area contributed by atoms with Crippen molar-refractivity contribution in [3.8, 4) is 5.75 Å². The number of hydrogen-bond acceptors (Lipinski definition) is 6. The molecule has 2 aromatic rings. The van der Waals surface area contributed by atoms with Crippen molar-refractivity contribution >= 4 is 17.7 Å². The Morgan fingerprint density at radius 2 is 1.91 bits per heavy atom. The summed E-state index contributed by atoms with van der Waals surface area (Å²) in [5.41, 5.74) is 2.31. The summed E-state index contributed by atoms with van der Waals surface area (Å²) in [5.74, 6) is -0.511. The molecule has 0 aliphatic rings. The molecule has 3 N–H and O–H groups in total. The number of amides is 1. The zero-order valence-electron chi connectivity index (χ0n) is 18.2. The summed E-state index contributed by atoms with van der Waals surface area (Å²) >= 11 is 0. The molecule has 0 radical (unpaired) electrons. The third-order valence-corrected chi connectivity index (χ3v) is 4.60. The van der Waals surface area contributed by atoms with Gasteiger partial charge in [-0.05, 0) is 49.6 Å². The van der Waals surface area contributed by atoms with E-state index < -0.39 is 24.3 Å². The lowest BCUT2D eigenvalue weighted by Gasteiger charge is -2.26. The summed E-state index contributed by atoms with van der Waals surface area (Å²) in [7, 11) is 1.51. The Kier molecular flexibility index (Phi) is 10.2. The number of aliphatic hydroxyl groups is 1. The van der Waals surface area contributed by atoms with E-state index >= 15 is 0 Å². The molecule has 0 bridgehead atoms. The first-order valence-corrected chi connectivity index (χ1v) is 10.2. The number of aliphatic hydroxyl groups excluding tert-OH is 1. The predicted molar refractivity (Wildman–Crippen MR) is 120 cm³/mol. The minimum atomic E-state index is -1.03. The second kappa shape index (κ2) is 13.1. The van der Waals surface area contributed by atoms with Gasteiger partial charge in [0, 0.05) is 18.9 Å². The number of anilines is 1. The van der Waals surface area contributed by atoms with E-state index in [-0.39, 0.29) is 13.2 Å². The van der Waals surface area contributed by atoms with Gasteiger partial charge in [-0.25, -0.2) is 9.59 Å². The van der Waals surface area contributed by atoms with E-state index in [1.165, 1.54) is 13.2 Å². The summed E-state index contributed by atoms with van der Waals surface area (Å²) in [6, 6.07) is 14.3. The highest BCUT2D eigenvalue weighted by Gasteiger charge is 2.27. The van der Waals surface area contributed by atoms with E-state index in [0.717, 1.165) is 11.6 Å². The Morgan fingerprint density at radius 3 is 2.56 bits per heavy atom. The van der Waals surface area contributed by atoms with Crippen LogP contribution >= 0.6 is 0 Å². The van der Waals surface area contributed by atoms with Gasteiger partial charge in [-0.2, -0.15) is 0 Å². The number of carboxylic acid groups (broad SMARTS) is 1. The number of rotatable bonds is 12. The van der Waals surface area contributed by atoms with Crippen LogP contribution in [0.3, 0.4) is 0 Å². The fourth-order valence-corrected chi connectivity index (χ4v) is 3.04. The van der Waals surface area contributed by atoms with Crippen molar-refractivity contribution < 1.29 is 34.0 Å². The van der Waals surface area contributed by atoms with Crippen LogP contribution in [0.4, 0.5) is 10.5 Å². The zero-order valence-corrected chi connectivity index (χ0v) is 18.2. The van der Waals surface area contributed by atoms with Crippen LogP contribution in [-0.4, -0.2) is 48.7 Å². The van der Waals surface area contributed by atoms with Crippen LogP contribution in [0.2, 0.25) is 0 Å². The largest absolute Gasteiger partial charge is 0.491 e. The minimum Gasteiger partial charge on any atom is -0.491 e. The van der Waals surface area contributed by atoms with Crippen LogP contribution in [-0.2, 0) is 14.3 Å². The number of hydrogen-bond donors (Lipinski definition) is 3. The van der Waals surface area contributed by atoms with Crippen molar-refractivity contribution in [2.24, 2.45) is 0 Å². The van der Waals surface area contributed by atoms with Crippen molar-refractivity contribution in [2.45, 2.75) is 32.0 Å². The fraction of sp³-hybridized carbons (Fsp3) is 0.333. The van der Waals surface area contributed by atoms with E-state index in [2.05, 4.69) is 5.32 Å². The van der Waals surface area contributed by atoms with Gasteiger partial charge in [0.15, 0.2) is 6.10 Å². The van der Waals surface area contributed by atoms with Gasteiger partial charge in [0.2, 0.25) is 0 Å². The zero-order chi connectivity index (χ0) is 23.3. The molecule has 0 aromatic heterocycles. The first-order valence-electron chi connectivity index (χ1n) is 10.2. The lowest BCUT2D eigenvalue weighted by Crippen LogP contribution is -2.28. The molecule has 0 saturated heterocycles. The quantitative estimate of drug-likeness (QED) is 0.423. The Hall–Kier alpha value is -3.36. The van der Waals surface area contributed by atoms with Crippen LogP contribution in [0, 0.1) is 6.92 Å². The van der Waals surface area contributed by atoms with Crippen molar-refractivity contribution in [1.82, 2.24) is 0 Å². The number of ether oxygens (including phenoxy) is 3. The molecule has 8 heteroatoms. The van der Waals surface area contributed by atoms with Crippen LogP contribution in [0.25, 0.3) is 0 Å². The summed E-state index contributed by atoms with van der Waals surface area (Å²) in [6.07, 6.45) is 1.47. The Labute approximate surface area is 187 Å². The van der Waals surface area contributed by atoms with Gasteiger partial charge in [-0.15, -0.1) is 0 Å². The molecule has 8 nitrogen and oxygen atoms in total. The van der Waals surface area contributed by atoms with Crippen LogP contribution in [0.1, 0.15) is 30.1 Å². The number of carbonyl (C=O) groups excluding carboxylic acids is 1. The topological polar surface area (TPSA) is 114 Å². The molecule has 0 aliphatic heterocycles. The normalized spacial score (nSPS) is 12.8. The molecule has 0 heterocycles. The number of methoxy groups -OCH3 is 1. The van der Waals surface area contributed by atoms with E-state index in [1.54, 1.807) is 36.4 Å². The number of benzene rings is 2. The van der Waals surface area contributed by atoms with Crippen molar-refractivity contribution in [1.29, 1.82) is 0 Å². The van der Waals surface area contributed by atoms with Crippen molar-refractivity contribution in [3.63, 3.8) is 0 Å². The van der Waals surface area contributed by atoms with Gasteiger partial charge in [0.1, 0.15) is 12.4 Å². The molecule has 0 fully saturated rings. The van der Waals surface area contributed by atoms with Crippen LogP contribution < -0.4 is 10.1 Å². The molecule has 2 rings (SSSR count). The molecule has 0 unspecified atom stereocenters. The second-order valence-corrected chi connectivity index (χ2v) is 7.05. The second-order valence-electron chi connectivity index (χ2n) is 7.05. The average molecular weight is 443 g/mol. The number of aliphatic carboxylic acids is 1. The first kappa shape index (κ1) is 24.9. The maximum absolute atomic E-state index is 12.6. The molecular formula is C24H29NO7. The van der Waals surface area contributed by atoms with Gasteiger partial charge in [-0.1, -0.05) is 35.9 Å². The molecule has 32 heavy (non-hydrogen) atoms. The third-order valence-electron chi connectivity index (χ3n) is 4.60. The Balaban J connectivity index is 2.21. The van der Waals surface area contributed by atoms with Gasteiger partial charge in [-0.3, -0.25) is 5.32 Å². The number of carbonyl (C=O) groups is 2. The Morgan fingerprint density at radius 1 is 1.16 bits per heavy atom. The highest BCUT2D eigenvalue weighted by molar-refractivity contribution is 5.84. The average Bonchev–Trinajstić information content (AvgIpc) is 2.78. The van der Waals surface area contributed by atoms with Crippen LogP contribution in [0.15, 0.2) is 60.7 Å². The summed E-state index contributed by atoms with van der Waals surface area (Å²) < 4.78 is 16.8. The standard InChI is InChI=1S/C24H29NO7/c1-17-10-12-19(13-11-17)25-24(29)32-23(21(30-2)8-3-4-9-22(27)28)18-6-5-7-20(16-18)31-15-14-26/h4-7,9-13,16,21,23,26H,3,8,14-15H2,1-2H3,(H,25,29)(H,27,28)/b9-4+/t21-,23-/m0/s1. The summed E-state index contributed by atoms with van der Waals surface area (Å²) in [6.45, 7) is 1.96. The van der Waals surface area contributed by atoms with Gasteiger partial charge < -0.3 is 24.4 Å². The number of allylic oxidation sites excluding steroid dienone is 1. The Bertz CT molecular complexity index is 895. The highest BCUT2D eigenvalue weighted by atomic mass is 16.6. The van der Waals surface area contributed by atoms with E-state index in [4.69, 9.17) is 24.4 Å². The molecule has 2 atom stereocenters. The lowest BCUT2D eigenvalue weighted by molar-refractivity contribution is -0.131. The lowest BCUT2D eigenvalue weighted by atomic mass is 10.00. The maximum Gasteiger partial charge on any atom is 0.412 e. The molecule has 172 valence electrons. The van der Waals surface area contributed by atoms with E-state index in [9.17, 15) is 9.59 Å². The first-order chi connectivity index (χ1) is 15.4. The number of carboxylic acids is 1. The SMILES string of the molecule is CO[C@@H](CC/C=C/C(=O)O)[C@@H](OC(=O)Nc1ccc(C)cc1)c1cccc(OCCO)c1. The van der Waals surface area contributed by atoms with E-state index in [0.29, 0.717) is 29.8 Å². The third kappa shape index (κ3) is 8.41. The minimum absolute atomic E-state index is 0.125.